The summed E-state index contributed by atoms with van der Waals surface area (Å²) in [6.45, 7) is 0. The lowest BCUT2D eigenvalue weighted by molar-refractivity contribution is 0.0962. The normalized spacial score (nSPS) is 9.60. The number of carbonyl (C=O) groups is 1. The zero-order valence-electron chi connectivity index (χ0n) is 10.8. The van der Waals surface area contributed by atoms with Gasteiger partial charge in [0.2, 0.25) is 5.56 Å². The number of amides is 1. The smallest absolute Gasteiger partial charge is 0.271 e. The van der Waals surface area contributed by atoms with E-state index >= 15 is 0 Å². The number of pyridine rings is 1. The predicted octanol–water partition coefficient (Wildman–Crippen LogP) is 1.01. The van der Waals surface area contributed by atoms with Gasteiger partial charge in [-0.1, -0.05) is 0 Å². The Kier molecular flexibility index (Phi) is 3.82. The molecule has 0 radical (unpaired) electrons. The fourth-order valence-electron chi connectivity index (χ4n) is 1.56. The summed E-state index contributed by atoms with van der Waals surface area (Å²) < 4.78 is 1.33. The molecule has 0 aliphatic carbocycles. The first kappa shape index (κ1) is 13.4. The van der Waals surface area contributed by atoms with Gasteiger partial charge in [0.05, 0.1) is 22.9 Å². The number of anilines is 1. The van der Waals surface area contributed by atoms with E-state index in [1.54, 1.807) is 31.3 Å². The van der Waals surface area contributed by atoms with E-state index < -0.39 is 0 Å². The molecule has 0 atom stereocenters. The van der Waals surface area contributed by atoms with Crippen LogP contribution in [0.3, 0.4) is 0 Å². The SMILES string of the molecule is Cn1cc(C(=O)NNc2ccc(C#N)cc2)ccc1=O. The van der Waals surface area contributed by atoms with E-state index in [-0.39, 0.29) is 11.5 Å². The maximum atomic E-state index is 11.9. The Bertz CT molecular complexity index is 726. The minimum Gasteiger partial charge on any atom is -0.318 e. The molecule has 1 amide bonds. The molecule has 0 fully saturated rings. The molecule has 2 aromatic rings. The van der Waals surface area contributed by atoms with E-state index in [0.717, 1.165) is 0 Å². The van der Waals surface area contributed by atoms with Gasteiger partial charge in [-0.05, 0) is 30.3 Å². The van der Waals surface area contributed by atoms with Crippen molar-refractivity contribution in [3.63, 3.8) is 0 Å². The van der Waals surface area contributed by atoms with Gasteiger partial charge in [-0.25, -0.2) is 0 Å². The minimum atomic E-state index is -0.357. The Hall–Kier alpha value is -3.07. The molecular weight excluding hydrogens is 256 g/mol. The van der Waals surface area contributed by atoms with Crippen molar-refractivity contribution in [1.29, 1.82) is 5.26 Å². The van der Waals surface area contributed by atoms with E-state index in [4.69, 9.17) is 5.26 Å². The van der Waals surface area contributed by atoms with Gasteiger partial charge < -0.3 is 4.57 Å². The van der Waals surface area contributed by atoms with Crippen LogP contribution in [0.2, 0.25) is 0 Å². The molecule has 1 aromatic heterocycles. The van der Waals surface area contributed by atoms with Gasteiger partial charge in [-0.15, -0.1) is 0 Å². The van der Waals surface area contributed by atoms with Crippen molar-refractivity contribution in [2.24, 2.45) is 7.05 Å². The van der Waals surface area contributed by atoms with Gasteiger partial charge >= 0.3 is 0 Å². The van der Waals surface area contributed by atoms with Crippen molar-refractivity contribution in [1.82, 2.24) is 9.99 Å². The first-order chi connectivity index (χ1) is 9.60. The van der Waals surface area contributed by atoms with Crippen molar-refractivity contribution in [2.75, 3.05) is 5.43 Å². The molecule has 0 unspecified atom stereocenters. The van der Waals surface area contributed by atoms with Gasteiger partial charge in [0.1, 0.15) is 0 Å². The van der Waals surface area contributed by atoms with E-state index in [1.165, 1.54) is 22.9 Å². The second-order valence-corrected chi connectivity index (χ2v) is 4.14. The molecular formula is C14H12N4O2. The summed E-state index contributed by atoms with van der Waals surface area (Å²) in [5.74, 6) is -0.357. The molecule has 0 saturated heterocycles. The average Bonchev–Trinajstić information content (AvgIpc) is 2.48. The number of nitrogens with zero attached hydrogens (tertiary/aromatic N) is 2. The lowest BCUT2D eigenvalue weighted by atomic mass is 10.2. The maximum absolute atomic E-state index is 11.9. The molecule has 20 heavy (non-hydrogen) atoms. The second kappa shape index (κ2) is 5.71. The number of hydrazine groups is 1. The topological polar surface area (TPSA) is 86.9 Å². The third kappa shape index (κ3) is 3.03. The highest BCUT2D eigenvalue weighted by Crippen LogP contribution is 2.07. The molecule has 0 saturated carbocycles. The first-order valence-electron chi connectivity index (χ1n) is 5.83. The summed E-state index contributed by atoms with van der Waals surface area (Å²) in [4.78, 5) is 23.1. The van der Waals surface area contributed by atoms with Gasteiger partial charge in [0.25, 0.3) is 5.91 Å². The number of aryl methyl sites for hydroxylation is 1. The zero-order chi connectivity index (χ0) is 14.5. The van der Waals surface area contributed by atoms with Crippen molar-refractivity contribution in [2.45, 2.75) is 0 Å². The minimum absolute atomic E-state index is 0.179. The summed E-state index contributed by atoms with van der Waals surface area (Å²) in [6.07, 6.45) is 1.46. The Balaban J connectivity index is 2.02. The molecule has 1 aromatic carbocycles. The monoisotopic (exact) mass is 268 g/mol. The van der Waals surface area contributed by atoms with Gasteiger partial charge in [0, 0.05) is 19.3 Å². The summed E-state index contributed by atoms with van der Waals surface area (Å²) >= 11 is 0. The summed E-state index contributed by atoms with van der Waals surface area (Å²) in [5, 5.41) is 8.68. The number of nitrogens with one attached hydrogen (secondary N) is 2. The lowest BCUT2D eigenvalue weighted by Gasteiger charge is -2.09. The van der Waals surface area contributed by atoms with Crippen molar-refractivity contribution < 1.29 is 4.79 Å². The molecule has 0 spiro atoms. The van der Waals surface area contributed by atoms with E-state index in [9.17, 15) is 9.59 Å². The van der Waals surface area contributed by atoms with Crippen LogP contribution in [0.4, 0.5) is 5.69 Å². The quantitative estimate of drug-likeness (QED) is 0.813. The molecule has 6 nitrogen and oxygen atoms in total. The molecule has 0 bridgehead atoms. The highest BCUT2D eigenvalue weighted by atomic mass is 16.2. The predicted molar refractivity (Wildman–Crippen MR) is 73.9 cm³/mol. The molecule has 2 N–H and O–H groups in total. The summed E-state index contributed by atoms with van der Waals surface area (Å²) in [6, 6.07) is 11.4. The van der Waals surface area contributed by atoms with Crippen molar-refractivity contribution >= 4 is 11.6 Å². The average molecular weight is 268 g/mol. The maximum Gasteiger partial charge on any atom is 0.271 e. The first-order valence-corrected chi connectivity index (χ1v) is 5.83. The Morgan fingerprint density at radius 2 is 1.90 bits per heavy atom. The Morgan fingerprint density at radius 1 is 1.20 bits per heavy atom. The van der Waals surface area contributed by atoms with E-state index in [2.05, 4.69) is 10.9 Å². The van der Waals surface area contributed by atoms with Gasteiger partial charge in [-0.2, -0.15) is 5.26 Å². The standard InChI is InChI=1S/C14H12N4O2/c1-18-9-11(4-7-13(18)19)14(20)17-16-12-5-2-10(8-15)3-6-12/h2-7,9,16H,1H3,(H,17,20). The van der Waals surface area contributed by atoms with Gasteiger partial charge in [0.15, 0.2) is 0 Å². The third-order valence-corrected chi connectivity index (χ3v) is 2.68. The van der Waals surface area contributed by atoms with Crippen LogP contribution in [-0.4, -0.2) is 10.5 Å². The molecule has 0 aliphatic heterocycles. The number of aromatic nitrogens is 1. The summed E-state index contributed by atoms with van der Waals surface area (Å²) in [7, 11) is 1.58. The number of nitriles is 1. The van der Waals surface area contributed by atoms with Crippen LogP contribution in [0.25, 0.3) is 0 Å². The van der Waals surface area contributed by atoms with Crippen LogP contribution in [0, 0.1) is 11.3 Å². The fraction of sp³-hybridized carbons (Fsp3) is 0.0714. The van der Waals surface area contributed by atoms with Crippen LogP contribution in [0.15, 0.2) is 47.4 Å². The molecule has 6 heteroatoms. The fourth-order valence-corrected chi connectivity index (χ4v) is 1.56. The van der Waals surface area contributed by atoms with Crippen LogP contribution < -0.4 is 16.4 Å². The number of hydrogen-bond donors (Lipinski definition) is 2. The Morgan fingerprint density at radius 3 is 2.50 bits per heavy atom. The van der Waals surface area contributed by atoms with Crippen LogP contribution in [0.1, 0.15) is 15.9 Å². The number of hydrogen-bond acceptors (Lipinski definition) is 4. The highest BCUT2D eigenvalue weighted by Gasteiger charge is 2.05. The van der Waals surface area contributed by atoms with Crippen molar-refractivity contribution in [3.05, 3.63) is 64.1 Å². The van der Waals surface area contributed by atoms with E-state index in [1.807, 2.05) is 6.07 Å². The van der Waals surface area contributed by atoms with Crippen molar-refractivity contribution in [3.8, 4) is 6.07 Å². The lowest BCUT2D eigenvalue weighted by Crippen LogP contribution is -2.30. The number of benzene rings is 1. The number of carbonyl (C=O) groups excluding carboxylic acids is 1. The molecule has 100 valence electrons. The molecule has 2 rings (SSSR count). The largest absolute Gasteiger partial charge is 0.318 e. The second-order valence-electron chi connectivity index (χ2n) is 4.14. The van der Waals surface area contributed by atoms with E-state index in [0.29, 0.717) is 16.8 Å². The van der Waals surface area contributed by atoms with Crippen LogP contribution in [-0.2, 0) is 7.05 Å². The molecule has 0 aliphatic rings. The van der Waals surface area contributed by atoms with Crippen LogP contribution >= 0.6 is 0 Å². The summed E-state index contributed by atoms with van der Waals surface area (Å²) in [5.41, 5.74) is 6.63. The van der Waals surface area contributed by atoms with Gasteiger partial charge in [-0.3, -0.25) is 20.4 Å². The Labute approximate surface area is 115 Å². The number of rotatable bonds is 3. The molecule has 1 heterocycles. The van der Waals surface area contributed by atoms with Crippen LogP contribution in [0.5, 0.6) is 0 Å². The third-order valence-electron chi connectivity index (χ3n) is 2.68. The zero-order valence-corrected chi connectivity index (χ0v) is 10.8. The highest BCUT2D eigenvalue weighted by molar-refractivity contribution is 5.94.